The maximum atomic E-state index is 11.6. The van der Waals surface area contributed by atoms with Crippen molar-refractivity contribution >= 4 is 11.9 Å². The molecular weight excluding hydrogens is 220 g/mol. The van der Waals surface area contributed by atoms with E-state index in [-0.39, 0.29) is 30.8 Å². The minimum Gasteiger partial charge on any atom is -0.481 e. The van der Waals surface area contributed by atoms with Crippen LogP contribution in [-0.2, 0) is 9.59 Å². The van der Waals surface area contributed by atoms with Crippen LogP contribution in [0, 0.1) is 0 Å². The summed E-state index contributed by atoms with van der Waals surface area (Å²) >= 11 is 0. The Bertz CT molecular complexity index is 244. The highest BCUT2D eigenvalue weighted by Crippen LogP contribution is 2.04. The van der Waals surface area contributed by atoms with Gasteiger partial charge in [0.1, 0.15) is 0 Å². The van der Waals surface area contributed by atoms with Crippen LogP contribution in [0.15, 0.2) is 0 Å². The summed E-state index contributed by atoms with van der Waals surface area (Å²) in [5, 5.41) is 11.5. The van der Waals surface area contributed by atoms with E-state index in [0.717, 1.165) is 19.3 Å². The largest absolute Gasteiger partial charge is 0.481 e. The lowest BCUT2D eigenvalue weighted by Crippen LogP contribution is -2.39. The van der Waals surface area contributed by atoms with E-state index in [1.54, 1.807) is 0 Å². The van der Waals surface area contributed by atoms with Gasteiger partial charge in [0.05, 0.1) is 6.42 Å². The summed E-state index contributed by atoms with van der Waals surface area (Å²) < 4.78 is 0. The highest BCUT2D eigenvalue weighted by atomic mass is 16.4. The number of carbonyl (C=O) groups is 2. The molecule has 0 radical (unpaired) electrons. The number of hydrogen-bond donors (Lipinski definition) is 3. The molecule has 17 heavy (non-hydrogen) atoms. The average molecular weight is 244 g/mol. The molecule has 2 unspecified atom stereocenters. The van der Waals surface area contributed by atoms with Gasteiger partial charge in [0.2, 0.25) is 5.91 Å². The van der Waals surface area contributed by atoms with Crippen molar-refractivity contribution in [3.63, 3.8) is 0 Å². The molecule has 100 valence electrons. The summed E-state index contributed by atoms with van der Waals surface area (Å²) in [4.78, 5) is 22.2. The minimum atomic E-state index is -0.887. The standard InChI is InChI=1S/C12H24N2O3/c1-3-5-9(13)7-11(15)14-10(6-4-2)8-12(16)17/h9-10H,3-8,13H2,1-2H3,(H,14,15)(H,16,17). The summed E-state index contributed by atoms with van der Waals surface area (Å²) in [5.41, 5.74) is 5.76. The van der Waals surface area contributed by atoms with E-state index in [4.69, 9.17) is 10.8 Å². The van der Waals surface area contributed by atoms with E-state index < -0.39 is 5.97 Å². The normalized spacial score (nSPS) is 14.1. The molecule has 0 aliphatic carbocycles. The van der Waals surface area contributed by atoms with Crippen LogP contribution in [0.25, 0.3) is 0 Å². The fraction of sp³-hybridized carbons (Fsp3) is 0.833. The SMILES string of the molecule is CCCC(N)CC(=O)NC(CCC)CC(=O)O. The Morgan fingerprint density at radius 3 is 2.24 bits per heavy atom. The van der Waals surface area contributed by atoms with Crippen molar-refractivity contribution in [1.29, 1.82) is 0 Å². The van der Waals surface area contributed by atoms with Crippen LogP contribution in [0.2, 0.25) is 0 Å². The molecule has 0 aromatic carbocycles. The monoisotopic (exact) mass is 244 g/mol. The maximum Gasteiger partial charge on any atom is 0.305 e. The lowest BCUT2D eigenvalue weighted by atomic mass is 10.1. The molecular formula is C12H24N2O3. The van der Waals surface area contributed by atoms with E-state index >= 15 is 0 Å². The molecule has 2 atom stereocenters. The van der Waals surface area contributed by atoms with Crippen LogP contribution in [0.3, 0.4) is 0 Å². The first kappa shape index (κ1) is 15.9. The first-order valence-corrected chi connectivity index (χ1v) is 6.26. The maximum absolute atomic E-state index is 11.6. The molecule has 0 aliphatic rings. The molecule has 5 nitrogen and oxygen atoms in total. The van der Waals surface area contributed by atoms with Crippen molar-refractivity contribution < 1.29 is 14.7 Å². The molecule has 4 N–H and O–H groups in total. The Balaban J connectivity index is 4.06. The van der Waals surface area contributed by atoms with E-state index in [1.165, 1.54) is 0 Å². The van der Waals surface area contributed by atoms with E-state index in [0.29, 0.717) is 6.42 Å². The highest BCUT2D eigenvalue weighted by Gasteiger charge is 2.16. The summed E-state index contributed by atoms with van der Waals surface area (Å²) in [6.45, 7) is 3.98. The lowest BCUT2D eigenvalue weighted by molar-refractivity contribution is -0.137. The topological polar surface area (TPSA) is 92.4 Å². The van der Waals surface area contributed by atoms with Gasteiger partial charge in [-0.25, -0.2) is 0 Å². The molecule has 1 amide bonds. The first-order valence-electron chi connectivity index (χ1n) is 6.26. The molecule has 5 heteroatoms. The zero-order valence-corrected chi connectivity index (χ0v) is 10.7. The van der Waals surface area contributed by atoms with Crippen LogP contribution in [0.4, 0.5) is 0 Å². The van der Waals surface area contributed by atoms with Crippen LogP contribution >= 0.6 is 0 Å². The van der Waals surface area contributed by atoms with Crippen LogP contribution in [0.5, 0.6) is 0 Å². The highest BCUT2D eigenvalue weighted by molar-refractivity contribution is 5.77. The van der Waals surface area contributed by atoms with Gasteiger partial charge in [-0.05, 0) is 12.8 Å². The van der Waals surface area contributed by atoms with Crippen molar-refractivity contribution in [3.05, 3.63) is 0 Å². The van der Waals surface area contributed by atoms with Gasteiger partial charge >= 0.3 is 5.97 Å². The van der Waals surface area contributed by atoms with Crippen molar-refractivity contribution in [2.75, 3.05) is 0 Å². The van der Waals surface area contributed by atoms with Gasteiger partial charge in [0.25, 0.3) is 0 Å². The first-order chi connectivity index (χ1) is 7.99. The average Bonchev–Trinajstić information content (AvgIpc) is 2.16. The number of nitrogens with one attached hydrogen (secondary N) is 1. The van der Waals surface area contributed by atoms with E-state index in [1.807, 2.05) is 13.8 Å². The Kier molecular flexibility index (Phi) is 8.40. The molecule has 0 saturated carbocycles. The molecule has 0 aliphatic heterocycles. The number of carboxylic acids is 1. The van der Waals surface area contributed by atoms with Gasteiger partial charge in [0, 0.05) is 18.5 Å². The minimum absolute atomic E-state index is 0.0252. The molecule has 0 bridgehead atoms. The predicted octanol–water partition coefficient (Wildman–Crippen LogP) is 1.26. The fourth-order valence-corrected chi connectivity index (χ4v) is 1.78. The second-order valence-corrected chi connectivity index (χ2v) is 4.40. The van der Waals surface area contributed by atoms with Gasteiger partial charge in [-0.15, -0.1) is 0 Å². The Morgan fingerprint density at radius 2 is 1.76 bits per heavy atom. The molecule has 0 aromatic heterocycles. The molecule has 0 spiro atoms. The zero-order valence-electron chi connectivity index (χ0n) is 10.7. The Labute approximate surface area is 103 Å². The molecule has 0 saturated heterocycles. The smallest absolute Gasteiger partial charge is 0.305 e. The predicted molar refractivity (Wildman–Crippen MR) is 66.6 cm³/mol. The van der Waals surface area contributed by atoms with Gasteiger partial charge in [-0.3, -0.25) is 9.59 Å². The van der Waals surface area contributed by atoms with Crippen molar-refractivity contribution in [3.8, 4) is 0 Å². The fourth-order valence-electron chi connectivity index (χ4n) is 1.78. The Morgan fingerprint density at radius 1 is 1.18 bits per heavy atom. The van der Waals surface area contributed by atoms with Crippen molar-refractivity contribution in [2.45, 2.75) is 64.5 Å². The quantitative estimate of drug-likeness (QED) is 0.569. The van der Waals surface area contributed by atoms with E-state index in [9.17, 15) is 9.59 Å². The third-order valence-electron chi connectivity index (χ3n) is 2.53. The number of carboxylic acid groups (broad SMARTS) is 1. The molecule has 0 rings (SSSR count). The third kappa shape index (κ3) is 8.68. The molecule has 0 fully saturated rings. The third-order valence-corrected chi connectivity index (χ3v) is 2.53. The Hall–Kier alpha value is -1.10. The van der Waals surface area contributed by atoms with Crippen LogP contribution < -0.4 is 11.1 Å². The zero-order chi connectivity index (χ0) is 13.3. The van der Waals surface area contributed by atoms with Crippen molar-refractivity contribution in [1.82, 2.24) is 5.32 Å². The number of aliphatic carboxylic acids is 1. The summed E-state index contributed by atoms with van der Waals surface area (Å²) in [6, 6.07) is -0.411. The van der Waals surface area contributed by atoms with Gasteiger partial charge < -0.3 is 16.2 Å². The number of hydrogen-bond acceptors (Lipinski definition) is 3. The van der Waals surface area contributed by atoms with Gasteiger partial charge in [-0.1, -0.05) is 26.7 Å². The van der Waals surface area contributed by atoms with Gasteiger partial charge in [-0.2, -0.15) is 0 Å². The summed E-state index contributed by atoms with van der Waals surface area (Å²) in [5.74, 6) is -1.03. The summed E-state index contributed by atoms with van der Waals surface area (Å²) in [7, 11) is 0. The van der Waals surface area contributed by atoms with Gasteiger partial charge in [0.15, 0.2) is 0 Å². The number of rotatable bonds is 9. The number of amides is 1. The summed E-state index contributed by atoms with van der Waals surface area (Å²) in [6.07, 6.45) is 3.53. The molecule has 0 aromatic rings. The second-order valence-electron chi connectivity index (χ2n) is 4.40. The van der Waals surface area contributed by atoms with Crippen molar-refractivity contribution in [2.24, 2.45) is 5.73 Å². The molecule has 0 heterocycles. The van der Waals surface area contributed by atoms with E-state index in [2.05, 4.69) is 5.32 Å². The number of nitrogens with two attached hydrogens (primary N) is 1. The lowest BCUT2D eigenvalue weighted by Gasteiger charge is -2.17. The van der Waals surface area contributed by atoms with Crippen LogP contribution in [0.1, 0.15) is 52.4 Å². The number of carbonyl (C=O) groups excluding carboxylic acids is 1. The second kappa shape index (κ2) is 8.98. The van der Waals surface area contributed by atoms with Crippen LogP contribution in [-0.4, -0.2) is 29.1 Å².